The van der Waals surface area contributed by atoms with E-state index in [1.807, 2.05) is 0 Å². The number of piperazine rings is 1. The van der Waals surface area contributed by atoms with Crippen LogP contribution in [0.5, 0.6) is 5.75 Å². The molecule has 2 aliphatic rings. The Morgan fingerprint density at radius 1 is 1.09 bits per heavy atom. The second-order valence-electron chi connectivity index (χ2n) is 6.14. The zero-order chi connectivity index (χ0) is 14.9. The van der Waals surface area contributed by atoms with Gasteiger partial charge < -0.3 is 10.1 Å². The number of fused-ring (bicyclic) bond motifs is 3. The molecule has 2 aromatic rings. The summed E-state index contributed by atoms with van der Waals surface area (Å²) in [7, 11) is 1.78. The summed E-state index contributed by atoms with van der Waals surface area (Å²) in [4.78, 5) is 2.62. The highest BCUT2D eigenvalue weighted by Crippen LogP contribution is 2.44. The van der Waals surface area contributed by atoms with Crippen molar-refractivity contribution < 1.29 is 4.74 Å². The standard InChI is InChI=1S/C19H22N2O/c1-22-18-9-5-8-15-17-12-20-10-11-21(17)13-16(19(15)18)14-6-3-2-4-7-14/h2-9,16-17,20H,10-13H2,1H3. The molecule has 3 heteroatoms. The van der Waals surface area contributed by atoms with E-state index in [4.69, 9.17) is 4.74 Å². The van der Waals surface area contributed by atoms with Crippen LogP contribution >= 0.6 is 0 Å². The largest absolute Gasteiger partial charge is 0.496 e. The molecule has 0 saturated carbocycles. The van der Waals surface area contributed by atoms with Gasteiger partial charge in [-0.05, 0) is 17.2 Å². The van der Waals surface area contributed by atoms with Crippen LogP contribution in [0.15, 0.2) is 48.5 Å². The van der Waals surface area contributed by atoms with E-state index in [1.165, 1.54) is 16.7 Å². The van der Waals surface area contributed by atoms with Gasteiger partial charge in [0.05, 0.1) is 7.11 Å². The summed E-state index contributed by atoms with van der Waals surface area (Å²) < 4.78 is 5.71. The van der Waals surface area contributed by atoms with E-state index in [-0.39, 0.29) is 0 Å². The second kappa shape index (κ2) is 5.75. The molecule has 0 radical (unpaired) electrons. The van der Waals surface area contributed by atoms with Crippen LogP contribution in [-0.2, 0) is 0 Å². The SMILES string of the molecule is COc1cccc2c1C(c1ccccc1)CN1CCNCC21. The van der Waals surface area contributed by atoms with E-state index in [9.17, 15) is 0 Å². The lowest BCUT2D eigenvalue weighted by Crippen LogP contribution is -2.50. The van der Waals surface area contributed by atoms with Gasteiger partial charge in [0.15, 0.2) is 0 Å². The van der Waals surface area contributed by atoms with E-state index < -0.39 is 0 Å². The summed E-state index contributed by atoms with van der Waals surface area (Å²) in [6.07, 6.45) is 0. The summed E-state index contributed by atoms with van der Waals surface area (Å²) in [5.74, 6) is 1.42. The molecule has 2 aromatic carbocycles. The van der Waals surface area contributed by atoms with Gasteiger partial charge in [-0.1, -0.05) is 42.5 Å². The summed E-state index contributed by atoms with van der Waals surface area (Å²) in [5.41, 5.74) is 4.18. The predicted octanol–water partition coefficient (Wildman–Crippen LogP) is 2.79. The van der Waals surface area contributed by atoms with Gasteiger partial charge >= 0.3 is 0 Å². The van der Waals surface area contributed by atoms with Crippen LogP contribution in [0, 0.1) is 0 Å². The number of nitrogens with one attached hydrogen (secondary N) is 1. The first kappa shape index (κ1) is 13.8. The number of methoxy groups -OCH3 is 1. The van der Waals surface area contributed by atoms with Gasteiger partial charge in [0, 0.05) is 43.7 Å². The Kier molecular flexibility index (Phi) is 3.60. The number of nitrogens with zero attached hydrogens (tertiary/aromatic N) is 1. The lowest BCUT2D eigenvalue weighted by Gasteiger charge is -2.44. The molecule has 1 saturated heterocycles. The fourth-order valence-corrected chi connectivity index (χ4v) is 3.96. The summed E-state index contributed by atoms with van der Waals surface area (Å²) in [5, 5.41) is 3.53. The van der Waals surface area contributed by atoms with Gasteiger partial charge in [0.2, 0.25) is 0 Å². The minimum absolute atomic E-state index is 0.390. The molecule has 22 heavy (non-hydrogen) atoms. The molecule has 0 amide bonds. The number of ether oxygens (including phenoxy) is 1. The molecule has 2 unspecified atom stereocenters. The molecule has 1 fully saturated rings. The maximum absolute atomic E-state index is 5.71. The monoisotopic (exact) mass is 294 g/mol. The highest BCUT2D eigenvalue weighted by molar-refractivity contribution is 5.50. The third-order valence-corrected chi connectivity index (χ3v) is 5.00. The Morgan fingerprint density at radius 3 is 2.77 bits per heavy atom. The predicted molar refractivity (Wildman–Crippen MR) is 88.5 cm³/mol. The van der Waals surface area contributed by atoms with Crippen LogP contribution in [0.1, 0.15) is 28.7 Å². The highest BCUT2D eigenvalue weighted by atomic mass is 16.5. The van der Waals surface area contributed by atoms with Gasteiger partial charge in [0.25, 0.3) is 0 Å². The molecular weight excluding hydrogens is 272 g/mol. The van der Waals surface area contributed by atoms with Gasteiger partial charge in [-0.3, -0.25) is 4.90 Å². The average Bonchev–Trinajstić information content (AvgIpc) is 2.61. The number of benzene rings is 2. The average molecular weight is 294 g/mol. The molecule has 114 valence electrons. The Hall–Kier alpha value is -1.84. The zero-order valence-corrected chi connectivity index (χ0v) is 13.0. The van der Waals surface area contributed by atoms with Gasteiger partial charge in [-0.2, -0.15) is 0 Å². The van der Waals surface area contributed by atoms with Crippen molar-refractivity contribution in [3.05, 3.63) is 65.2 Å². The molecule has 0 aliphatic carbocycles. The summed E-state index contributed by atoms with van der Waals surface area (Å²) >= 11 is 0. The minimum Gasteiger partial charge on any atom is -0.496 e. The molecular formula is C19H22N2O. The third kappa shape index (κ3) is 2.21. The van der Waals surface area contributed by atoms with Crippen LogP contribution in [-0.4, -0.2) is 38.2 Å². The van der Waals surface area contributed by atoms with Gasteiger partial charge in [0.1, 0.15) is 5.75 Å². The topological polar surface area (TPSA) is 24.5 Å². The molecule has 0 aromatic heterocycles. The zero-order valence-electron chi connectivity index (χ0n) is 13.0. The van der Waals surface area contributed by atoms with Crippen molar-refractivity contribution in [3.8, 4) is 5.75 Å². The van der Waals surface area contributed by atoms with Crippen LogP contribution in [0.25, 0.3) is 0 Å². The highest BCUT2D eigenvalue weighted by Gasteiger charge is 2.36. The van der Waals surface area contributed by atoms with E-state index >= 15 is 0 Å². The second-order valence-corrected chi connectivity index (χ2v) is 6.14. The maximum atomic E-state index is 5.71. The van der Waals surface area contributed by atoms with Crippen molar-refractivity contribution in [1.82, 2.24) is 10.2 Å². The Balaban J connectivity index is 1.86. The third-order valence-electron chi connectivity index (χ3n) is 5.00. The summed E-state index contributed by atoms with van der Waals surface area (Å²) in [6, 6.07) is 17.8. The van der Waals surface area contributed by atoms with Crippen LogP contribution in [0.3, 0.4) is 0 Å². The Morgan fingerprint density at radius 2 is 1.95 bits per heavy atom. The smallest absolute Gasteiger partial charge is 0.123 e. The molecule has 0 spiro atoms. The number of hydrogen-bond donors (Lipinski definition) is 1. The molecule has 0 bridgehead atoms. The van der Waals surface area contributed by atoms with Gasteiger partial charge in [-0.15, -0.1) is 0 Å². The van der Waals surface area contributed by atoms with E-state index in [0.29, 0.717) is 12.0 Å². The first-order valence-electron chi connectivity index (χ1n) is 8.05. The van der Waals surface area contributed by atoms with Crippen molar-refractivity contribution in [2.75, 3.05) is 33.3 Å². The van der Waals surface area contributed by atoms with Crippen molar-refractivity contribution in [1.29, 1.82) is 0 Å². The van der Waals surface area contributed by atoms with Crippen molar-refractivity contribution in [2.45, 2.75) is 12.0 Å². The molecule has 4 rings (SSSR count). The van der Waals surface area contributed by atoms with Crippen molar-refractivity contribution >= 4 is 0 Å². The number of hydrogen-bond acceptors (Lipinski definition) is 3. The van der Waals surface area contributed by atoms with Crippen molar-refractivity contribution in [3.63, 3.8) is 0 Å². The lowest BCUT2D eigenvalue weighted by molar-refractivity contribution is 0.142. The molecule has 3 nitrogen and oxygen atoms in total. The molecule has 2 heterocycles. The normalized spacial score (nSPS) is 24.4. The Labute approximate surface area is 131 Å². The number of rotatable bonds is 2. The maximum Gasteiger partial charge on any atom is 0.123 e. The fraction of sp³-hybridized carbons (Fsp3) is 0.368. The molecule has 2 aliphatic heterocycles. The molecule has 1 N–H and O–H groups in total. The van der Waals surface area contributed by atoms with E-state index in [2.05, 4.69) is 58.7 Å². The van der Waals surface area contributed by atoms with Gasteiger partial charge in [-0.25, -0.2) is 0 Å². The first-order valence-corrected chi connectivity index (χ1v) is 8.05. The Bertz CT molecular complexity index is 656. The fourth-order valence-electron chi connectivity index (χ4n) is 3.96. The summed E-state index contributed by atoms with van der Waals surface area (Å²) in [6.45, 7) is 4.30. The van der Waals surface area contributed by atoms with Crippen molar-refractivity contribution in [2.24, 2.45) is 0 Å². The van der Waals surface area contributed by atoms with E-state index in [1.54, 1.807) is 7.11 Å². The molecule has 2 atom stereocenters. The van der Waals surface area contributed by atoms with E-state index in [0.717, 1.165) is 31.9 Å². The lowest BCUT2D eigenvalue weighted by atomic mass is 9.80. The van der Waals surface area contributed by atoms with Crippen LogP contribution in [0.2, 0.25) is 0 Å². The first-order chi connectivity index (χ1) is 10.9. The minimum atomic E-state index is 0.390. The van der Waals surface area contributed by atoms with Crippen LogP contribution < -0.4 is 10.1 Å². The quantitative estimate of drug-likeness (QED) is 0.922. The van der Waals surface area contributed by atoms with Crippen LogP contribution in [0.4, 0.5) is 0 Å².